The van der Waals surface area contributed by atoms with Gasteiger partial charge in [-0.25, -0.2) is 0 Å². The zero-order valence-corrected chi connectivity index (χ0v) is 14.7. The minimum absolute atomic E-state index is 0.154. The molecule has 0 saturated heterocycles. The molecule has 0 aliphatic carbocycles. The fourth-order valence-electron chi connectivity index (χ4n) is 2.18. The topological polar surface area (TPSA) is 91.8 Å². The molecule has 9 heteroatoms. The first kappa shape index (κ1) is 17.1. The zero-order valence-electron chi connectivity index (χ0n) is 13.1. The molecule has 7 nitrogen and oxygen atoms in total. The van der Waals surface area contributed by atoms with Crippen LogP contribution in [0.25, 0.3) is 10.7 Å². The number of aromatic amines is 1. The summed E-state index contributed by atoms with van der Waals surface area (Å²) in [6, 6.07) is 12.5. The molecule has 0 radical (unpaired) electrons. The molecular formula is C16H15N5O2S2. The van der Waals surface area contributed by atoms with E-state index >= 15 is 0 Å². The van der Waals surface area contributed by atoms with Crippen LogP contribution >= 0.6 is 23.6 Å². The Morgan fingerprint density at radius 3 is 2.68 bits per heavy atom. The molecule has 0 saturated carbocycles. The Balaban J connectivity index is 1.56. The van der Waals surface area contributed by atoms with Crippen molar-refractivity contribution in [2.45, 2.75) is 13.0 Å². The van der Waals surface area contributed by atoms with Crippen molar-refractivity contribution in [1.82, 2.24) is 25.6 Å². The average Bonchev–Trinajstić information content (AvgIpc) is 3.28. The quantitative estimate of drug-likeness (QED) is 0.473. The third-order valence-corrected chi connectivity index (χ3v) is 4.59. The Hall–Kier alpha value is -2.78. The van der Waals surface area contributed by atoms with Crippen LogP contribution in [-0.2, 0) is 11.3 Å². The molecule has 3 rings (SSSR count). The molecule has 0 aliphatic heterocycles. The summed E-state index contributed by atoms with van der Waals surface area (Å²) in [5, 5.41) is 8.89. The Morgan fingerprint density at radius 1 is 1.16 bits per heavy atom. The molecule has 0 unspecified atom stereocenters. The van der Waals surface area contributed by atoms with Gasteiger partial charge in [-0.15, -0.1) is 11.3 Å². The first-order chi connectivity index (χ1) is 12.1. The molecule has 0 bridgehead atoms. The van der Waals surface area contributed by atoms with E-state index in [1.807, 2.05) is 23.6 Å². The second-order valence-electron chi connectivity index (χ2n) is 5.10. The Bertz CT molecular complexity index is 916. The lowest BCUT2D eigenvalue weighted by Gasteiger charge is -2.08. The van der Waals surface area contributed by atoms with Crippen LogP contribution in [0, 0.1) is 4.77 Å². The van der Waals surface area contributed by atoms with E-state index in [4.69, 9.17) is 12.2 Å². The van der Waals surface area contributed by atoms with Gasteiger partial charge in [0.2, 0.25) is 5.91 Å². The van der Waals surface area contributed by atoms with Crippen LogP contribution in [0.1, 0.15) is 16.8 Å². The normalized spacial score (nSPS) is 10.4. The number of nitrogens with zero attached hydrogens (tertiary/aromatic N) is 2. The Kier molecular flexibility index (Phi) is 5.36. The molecule has 0 atom stereocenters. The van der Waals surface area contributed by atoms with Crippen LogP contribution in [0.5, 0.6) is 0 Å². The first-order valence-corrected chi connectivity index (χ1v) is 8.77. The van der Waals surface area contributed by atoms with E-state index in [-0.39, 0.29) is 18.2 Å². The summed E-state index contributed by atoms with van der Waals surface area (Å²) in [5.74, 6) is 0.0128. The summed E-state index contributed by atoms with van der Waals surface area (Å²) >= 11 is 6.76. The van der Waals surface area contributed by atoms with Crippen molar-refractivity contribution in [1.29, 1.82) is 0 Å². The molecule has 2 amide bonds. The molecule has 3 N–H and O–H groups in total. The van der Waals surface area contributed by atoms with Gasteiger partial charge in [0.15, 0.2) is 10.6 Å². The van der Waals surface area contributed by atoms with E-state index < -0.39 is 0 Å². The van der Waals surface area contributed by atoms with Gasteiger partial charge in [-0.1, -0.05) is 24.3 Å². The molecule has 3 aromatic rings. The number of carbonyl (C=O) groups is 2. The van der Waals surface area contributed by atoms with Gasteiger partial charge in [0, 0.05) is 18.5 Å². The van der Waals surface area contributed by atoms with Crippen molar-refractivity contribution in [3.8, 4) is 10.7 Å². The average molecular weight is 373 g/mol. The van der Waals surface area contributed by atoms with E-state index in [1.165, 1.54) is 0 Å². The number of benzene rings is 1. The van der Waals surface area contributed by atoms with E-state index in [0.29, 0.717) is 22.7 Å². The maximum absolute atomic E-state index is 12.0. The smallest absolute Gasteiger partial charge is 0.269 e. The van der Waals surface area contributed by atoms with Crippen LogP contribution in [0.4, 0.5) is 0 Å². The second-order valence-corrected chi connectivity index (χ2v) is 6.43. The molecule has 25 heavy (non-hydrogen) atoms. The lowest BCUT2D eigenvalue weighted by Crippen LogP contribution is -2.41. The van der Waals surface area contributed by atoms with Gasteiger partial charge in [0.05, 0.1) is 4.88 Å². The molecule has 2 heterocycles. The van der Waals surface area contributed by atoms with Gasteiger partial charge in [0.25, 0.3) is 5.91 Å². The lowest BCUT2D eigenvalue weighted by molar-refractivity contribution is -0.122. The summed E-state index contributed by atoms with van der Waals surface area (Å²) in [7, 11) is 0. The summed E-state index contributed by atoms with van der Waals surface area (Å²) in [6.07, 6.45) is 0.154. The maximum Gasteiger partial charge on any atom is 0.269 e. The summed E-state index contributed by atoms with van der Waals surface area (Å²) in [4.78, 5) is 24.8. The maximum atomic E-state index is 12.0. The van der Waals surface area contributed by atoms with Crippen LogP contribution in [0.15, 0.2) is 47.8 Å². The van der Waals surface area contributed by atoms with Crippen molar-refractivity contribution in [2.75, 3.05) is 0 Å². The van der Waals surface area contributed by atoms with Crippen molar-refractivity contribution in [3.05, 3.63) is 58.2 Å². The number of aromatic nitrogens is 3. The largest absolute Gasteiger partial charge is 0.299 e. The minimum Gasteiger partial charge on any atom is -0.299 e. The van der Waals surface area contributed by atoms with Crippen molar-refractivity contribution in [3.63, 3.8) is 0 Å². The molecular weight excluding hydrogens is 358 g/mol. The number of carbonyl (C=O) groups excluding carboxylic acids is 2. The number of hydrogen-bond acceptors (Lipinski definition) is 5. The zero-order chi connectivity index (χ0) is 17.6. The van der Waals surface area contributed by atoms with Crippen molar-refractivity contribution >= 4 is 35.4 Å². The van der Waals surface area contributed by atoms with E-state index in [2.05, 4.69) is 21.0 Å². The summed E-state index contributed by atoms with van der Waals surface area (Å²) in [5.41, 5.74) is 5.27. The van der Waals surface area contributed by atoms with E-state index in [0.717, 1.165) is 4.88 Å². The van der Waals surface area contributed by atoms with E-state index in [9.17, 15) is 9.59 Å². The third kappa shape index (κ3) is 4.20. The van der Waals surface area contributed by atoms with Gasteiger partial charge in [-0.2, -0.15) is 5.10 Å². The highest BCUT2D eigenvalue weighted by atomic mass is 32.1. The third-order valence-electron chi connectivity index (χ3n) is 3.41. The highest BCUT2D eigenvalue weighted by molar-refractivity contribution is 7.71. The fourth-order valence-corrected chi connectivity index (χ4v) is 3.13. The van der Waals surface area contributed by atoms with Crippen LogP contribution in [-0.4, -0.2) is 26.6 Å². The molecule has 1 aromatic carbocycles. The summed E-state index contributed by atoms with van der Waals surface area (Å²) < 4.78 is 2.21. The van der Waals surface area contributed by atoms with Gasteiger partial charge in [-0.3, -0.25) is 30.1 Å². The first-order valence-electron chi connectivity index (χ1n) is 7.48. The minimum atomic E-state index is -0.367. The van der Waals surface area contributed by atoms with Gasteiger partial charge >= 0.3 is 0 Å². The van der Waals surface area contributed by atoms with Crippen molar-refractivity contribution in [2.24, 2.45) is 0 Å². The number of nitrogens with one attached hydrogen (secondary N) is 3. The number of hydrazine groups is 1. The molecule has 2 aromatic heterocycles. The van der Waals surface area contributed by atoms with E-state index in [1.54, 1.807) is 40.2 Å². The number of hydrogen-bond donors (Lipinski definition) is 3. The highest BCUT2D eigenvalue weighted by Gasteiger charge is 2.12. The number of amides is 2. The predicted octanol–water partition coefficient (Wildman–Crippen LogP) is 2.52. The summed E-state index contributed by atoms with van der Waals surface area (Å²) in [6.45, 7) is 0.357. The van der Waals surface area contributed by atoms with Crippen LogP contribution < -0.4 is 10.9 Å². The van der Waals surface area contributed by atoms with Crippen LogP contribution in [0.2, 0.25) is 0 Å². The molecule has 0 aliphatic rings. The molecule has 0 fully saturated rings. The van der Waals surface area contributed by atoms with Crippen molar-refractivity contribution < 1.29 is 9.59 Å². The Morgan fingerprint density at radius 2 is 1.96 bits per heavy atom. The molecule has 128 valence electrons. The highest BCUT2D eigenvalue weighted by Crippen LogP contribution is 2.22. The standard InChI is InChI=1S/C16H15N5O2S2/c22-13(17-19-15(23)11-5-2-1-3-6-11)8-9-21-14(18-20-16(21)24)12-7-4-10-25-12/h1-7,10H,8-9H2,(H,17,22)(H,19,23)(H,20,24). The SMILES string of the molecule is O=C(CCn1c(-c2cccs2)n[nH]c1=S)NNC(=O)c1ccccc1. The fraction of sp³-hybridized carbons (Fsp3) is 0.125. The van der Waals surface area contributed by atoms with Gasteiger partial charge in [-0.05, 0) is 35.8 Å². The predicted molar refractivity (Wildman–Crippen MR) is 97.4 cm³/mol. The van der Waals surface area contributed by atoms with Crippen LogP contribution in [0.3, 0.4) is 0 Å². The molecule has 0 spiro atoms. The number of thiophene rings is 1. The monoisotopic (exact) mass is 373 g/mol. The van der Waals surface area contributed by atoms with Gasteiger partial charge < -0.3 is 0 Å². The Labute approximate surface area is 152 Å². The number of rotatable bonds is 5. The number of H-pyrrole nitrogens is 1. The van der Waals surface area contributed by atoms with Gasteiger partial charge in [0.1, 0.15) is 0 Å². The lowest BCUT2D eigenvalue weighted by atomic mass is 10.2. The second kappa shape index (κ2) is 7.86.